The summed E-state index contributed by atoms with van der Waals surface area (Å²) in [4.78, 5) is 26.6. The maximum atomic E-state index is 11.8. The van der Waals surface area contributed by atoms with E-state index in [0.717, 1.165) is 0 Å². The minimum absolute atomic E-state index is 0.0376. The zero-order chi connectivity index (χ0) is 18.3. The minimum Gasteiger partial charge on any atom is -0.480 e. The lowest BCUT2D eigenvalue weighted by atomic mass is 10.2. The summed E-state index contributed by atoms with van der Waals surface area (Å²) in [6.45, 7) is 11.0. The molecule has 0 saturated carbocycles. The van der Waals surface area contributed by atoms with Gasteiger partial charge >= 0.3 is 12.1 Å². The van der Waals surface area contributed by atoms with Crippen molar-refractivity contribution in [3.63, 3.8) is 0 Å². The van der Waals surface area contributed by atoms with Crippen LogP contribution in [0.15, 0.2) is 4.99 Å². The second-order valence-corrected chi connectivity index (χ2v) is 7.12. The highest BCUT2D eigenvalue weighted by atomic mass is 16.6. The molecule has 0 rings (SSSR count). The van der Waals surface area contributed by atoms with E-state index in [4.69, 9.17) is 20.3 Å². The van der Waals surface area contributed by atoms with Gasteiger partial charge in [0.25, 0.3) is 6.02 Å². The highest BCUT2D eigenvalue weighted by Gasteiger charge is 2.21. The number of nitrogens with two attached hydrogens (primary N) is 1. The summed E-state index contributed by atoms with van der Waals surface area (Å²) in [7, 11) is 0. The normalized spacial score (nSPS) is 14.1. The Kier molecular flexibility index (Phi) is 8.02. The van der Waals surface area contributed by atoms with Crippen molar-refractivity contribution < 1.29 is 24.2 Å². The summed E-state index contributed by atoms with van der Waals surface area (Å²) in [6, 6.07) is -0.883. The molecule has 0 fully saturated rings. The molecule has 1 atom stereocenters. The highest BCUT2D eigenvalue weighted by Crippen LogP contribution is 2.09. The van der Waals surface area contributed by atoms with E-state index < -0.39 is 29.3 Å². The van der Waals surface area contributed by atoms with Gasteiger partial charge in [-0.2, -0.15) is 0 Å². The van der Waals surface area contributed by atoms with Gasteiger partial charge in [-0.05, 0) is 54.4 Å². The maximum absolute atomic E-state index is 11.8. The minimum atomic E-state index is -1.05. The Labute approximate surface area is 137 Å². The van der Waals surface area contributed by atoms with Crippen LogP contribution in [0.1, 0.15) is 54.4 Å². The fourth-order valence-corrected chi connectivity index (χ4v) is 1.39. The molecule has 0 saturated heterocycles. The lowest BCUT2D eigenvalue weighted by molar-refractivity contribution is -0.138. The average molecular weight is 331 g/mol. The van der Waals surface area contributed by atoms with Crippen LogP contribution in [0, 0.1) is 0 Å². The number of amides is 1. The largest absolute Gasteiger partial charge is 0.480 e. The fraction of sp³-hybridized carbons (Fsp3) is 0.800. The zero-order valence-electron chi connectivity index (χ0n) is 14.8. The number of carbonyl (C=O) groups is 2. The smallest absolute Gasteiger partial charge is 0.415 e. The summed E-state index contributed by atoms with van der Waals surface area (Å²) >= 11 is 0. The van der Waals surface area contributed by atoms with E-state index in [1.54, 1.807) is 20.8 Å². The third kappa shape index (κ3) is 12.4. The quantitative estimate of drug-likeness (QED) is 0.401. The third-order valence-electron chi connectivity index (χ3n) is 2.26. The lowest BCUT2D eigenvalue weighted by Crippen LogP contribution is -2.40. The lowest BCUT2D eigenvalue weighted by Gasteiger charge is -2.24. The molecule has 0 aromatic carbocycles. The molecule has 23 heavy (non-hydrogen) atoms. The van der Waals surface area contributed by atoms with E-state index in [2.05, 4.69) is 10.3 Å². The Morgan fingerprint density at radius 2 is 1.65 bits per heavy atom. The molecule has 134 valence electrons. The van der Waals surface area contributed by atoms with Gasteiger partial charge in [-0.3, -0.25) is 4.79 Å². The number of aliphatic imine (C=N–C) groups is 1. The summed E-state index contributed by atoms with van der Waals surface area (Å²) in [5, 5.41) is 11.2. The average Bonchev–Trinajstić information content (AvgIpc) is 2.29. The van der Waals surface area contributed by atoms with Gasteiger partial charge < -0.3 is 20.3 Å². The molecule has 1 unspecified atom stereocenters. The Balaban J connectivity index is 4.65. The molecule has 0 aliphatic carbocycles. The molecule has 0 radical (unpaired) electrons. The number of nitrogens with zero attached hydrogens (tertiary/aromatic N) is 1. The molecule has 0 spiro atoms. The van der Waals surface area contributed by atoms with Gasteiger partial charge in [0.05, 0.1) is 0 Å². The molecular formula is C15H29N3O5. The molecule has 0 aromatic rings. The summed E-state index contributed by atoms with van der Waals surface area (Å²) in [5.74, 6) is -1.05. The van der Waals surface area contributed by atoms with Crippen LogP contribution >= 0.6 is 0 Å². The number of ether oxygens (including phenoxy) is 2. The molecule has 4 N–H and O–H groups in total. The van der Waals surface area contributed by atoms with Crippen LogP contribution in [-0.2, 0) is 14.3 Å². The number of hydrogen-bond acceptors (Lipinski definition) is 6. The Bertz CT molecular complexity index is 435. The second kappa shape index (κ2) is 8.71. The van der Waals surface area contributed by atoms with Crippen molar-refractivity contribution in [2.24, 2.45) is 10.7 Å². The van der Waals surface area contributed by atoms with E-state index in [-0.39, 0.29) is 19.0 Å². The first-order chi connectivity index (χ1) is 10.3. The van der Waals surface area contributed by atoms with Crippen LogP contribution < -0.4 is 11.1 Å². The van der Waals surface area contributed by atoms with Gasteiger partial charge in [0.15, 0.2) is 0 Å². The molecule has 0 aromatic heterocycles. The standard InChI is InChI=1S/C15H29N3O5/c1-14(2,3)22-12(18-13(21)23-15(4,5)6)17-9-7-8-10(16)11(19)20/h10H,7-9,16H2,1-6H3,(H,19,20)(H,17,18,21). The molecule has 0 bridgehead atoms. The van der Waals surface area contributed by atoms with Gasteiger partial charge in [0.1, 0.15) is 17.2 Å². The number of alkyl carbamates (subject to hydrolysis) is 1. The van der Waals surface area contributed by atoms with Crippen molar-refractivity contribution in [3.05, 3.63) is 0 Å². The Hall–Kier alpha value is -1.83. The number of rotatable bonds is 5. The first-order valence-corrected chi connectivity index (χ1v) is 7.52. The predicted octanol–water partition coefficient (Wildman–Crippen LogP) is 1.87. The van der Waals surface area contributed by atoms with Gasteiger partial charge in [-0.1, -0.05) is 0 Å². The number of aliphatic carboxylic acids is 1. The number of carboxylic acids is 1. The van der Waals surface area contributed by atoms with Crippen molar-refractivity contribution in [1.29, 1.82) is 0 Å². The Morgan fingerprint density at radius 1 is 1.13 bits per heavy atom. The van der Waals surface area contributed by atoms with Crippen molar-refractivity contribution in [3.8, 4) is 0 Å². The molecule has 1 amide bonds. The topological polar surface area (TPSA) is 123 Å². The molecule has 8 heteroatoms. The fourth-order valence-electron chi connectivity index (χ4n) is 1.39. The number of carboxylic acid groups (broad SMARTS) is 1. The molecule has 0 heterocycles. The van der Waals surface area contributed by atoms with Crippen LogP contribution in [-0.4, -0.2) is 47.0 Å². The van der Waals surface area contributed by atoms with Crippen molar-refractivity contribution in [1.82, 2.24) is 5.32 Å². The maximum Gasteiger partial charge on any atom is 0.415 e. The molecule has 0 aliphatic rings. The predicted molar refractivity (Wildman–Crippen MR) is 87.4 cm³/mol. The van der Waals surface area contributed by atoms with E-state index >= 15 is 0 Å². The van der Waals surface area contributed by atoms with Gasteiger partial charge in [0, 0.05) is 6.54 Å². The molecule has 0 aliphatic heterocycles. The van der Waals surface area contributed by atoms with E-state index in [0.29, 0.717) is 6.42 Å². The summed E-state index contributed by atoms with van der Waals surface area (Å²) in [6.07, 6.45) is 0.0804. The number of carbonyl (C=O) groups excluding carboxylic acids is 1. The monoisotopic (exact) mass is 331 g/mol. The zero-order valence-corrected chi connectivity index (χ0v) is 14.8. The van der Waals surface area contributed by atoms with E-state index in [9.17, 15) is 9.59 Å². The summed E-state index contributed by atoms with van der Waals surface area (Å²) in [5.41, 5.74) is 4.23. The van der Waals surface area contributed by atoms with Crippen molar-refractivity contribution in [2.75, 3.05) is 6.54 Å². The van der Waals surface area contributed by atoms with Crippen molar-refractivity contribution >= 4 is 18.1 Å². The van der Waals surface area contributed by atoms with Crippen molar-refractivity contribution in [2.45, 2.75) is 71.6 Å². The number of hydrogen-bond donors (Lipinski definition) is 3. The molecular weight excluding hydrogens is 302 g/mol. The van der Waals surface area contributed by atoms with Gasteiger partial charge in [0.2, 0.25) is 0 Å². The van der Waals surface area contributed by atoms with E-state index in [1.807, 2.05) is 20.8 Å². The van der Waals surface area contributed by atoms with Crippen LogP contribution in [0.3, 0.4) is 0 Å². The Morgan fingerprint density at radius 3 is 2.09 bits per heavy atom. The molecule has 8 nitrogen and oxygen atoms in total. The van der Waals surface area contributed by atoms with Crippen LogP contribution in [0.5, 0.6) is 0 Å². The third-order valence-corrected chi connectivity index (χ3v) is 2.26. The summed E-state index contributed by atoms with van der Waals surface area (Å²) < 4.78 is 10.7. The number of nitrogens with one attached hydrogen (secondary N) is 1. The van der Waals surface area contributed by atoms with Crippen LogP contribution in [0.2, 0.25) is 0 Å². The SMILES string of the molecule is CC(C)(C)OC(=O)NC(=NCCCC(N)C(=O)O)OC(C)(C)C. The van der Waals surface area contributed by atoms with Gasteiger partial charge in [-0.15, -0.1) is 0 Å². The van der Waals surface area contributed by atoms with E-state index in [1.165, 1.54) is 0 Å². The first-order valence-electron chi connectivity index (χ1n) is 7.52. The van der Waals surface area contributed by atoms with Gasteiger partial charge in [-0.25, -0.2) is 15.1 Å². The highest BCUT2D eigenvalue weighted by molar-refractivity contribution is 5.90. The number of amidine groups is 1. The first kappa shape index (κ1) is 21.2. The van der Waals surface area contributed by atoms with Crippen LogP contribution in [0.25, 0.3) is 0 Å². The second-order valence-electron chi connectivity index (χ2n) is 7.12. The van der Waals surface area contributed by atoms with Crippen LogP contribution in [0.4, 0.5) is 4.79 Å².